The fraction of sp³-hybridized carbons (Fsp3) is 0.130. The summed E-state index contributed by atoms with van der Waals surface area (Å²) in [7, 11) is 4.54. The van der Waals surface area contributed by atoms with Crippen LogP contribution in [0.1, 0.15) is 4.88 Å². The van der Waals surface area contributed by atoms with Crippen molar-refractivity contribution in [1.29, 1.82) is 0 Å². The van der Waals surface area contributed by atoms with Crippen molar-refractivity contribution in [2.45, 2.75) is 0 Å². The molecule has 0 radical (unpaired) electrons. The van der Waals surface area contributed by atoms with E-state index in [9.17, 15) is 9.59 Å². The van der Waals surface area contributed by atoms with Crippen LogP contribution in [0.15, 0.2) is 65.7 Å². The number of para-hydroxylation sites is 1. The van der Waals surface area contributed by atoms with Gasteiger partial charge in [0.25, 0.3) is 11.8 Å². The quantitative estimate of drug-likeness (QED) is 0.560. The summed E-state index contributed by atoms with van der Waals surface area (Å²) in [6.45, 7) is 0. The molecular formula is C23H20N2O5S. The number of imide groups is 1. The Balaban J connectivity index is 1.81. The van der Waals surface area contributed by atoms with E-state index in [2.05, 4.69) is 5.32 Å². The Labute approximate surface area is 183 Å². The number of nitrogens with zero attached hydrogens (tertiary/aromatic N) is 1. The smallest absolute Gasteiger partial charge is 0.282 e. The van der Waals surface area contributed by atoms with Gasteiger partial charge in [0, 0.05) is 22.7 Å². The predicted octanol–water partition coefficient (Wildman–Crippen LogP) is 4.17. The van der Waals surface area contributed by atoms with E-state index >= 15 is 0 Å². The normalized spacial score (nSPS) is 13.6. The largest absolute Gasteiger partial charge is 0.493 e. The summed E-state index contributed by atoms with van der Waals surface area (Å²) in [5.74, 6) is 0.475. The molecule has 0 saturated heterocycles. The number of anilines is 2. The van der Waals surface area contributed by atoms with Gasteiger partial charge in [-0.05, 0) is 23.6 Å². The standard InChI is InChI=1S/C23H20N2O5S/c1-28-16-12-14(13-17(29-2)21(16)30-3)24-20-19(18-10-7-11-31-18)22(26)25(23(20)27)15-8-5-4-6-9-15/h4-13,24H,1-3H3. The highest BCUT2D eigenvalue weighted by molar-refractivity contribution is 7.11. The lowest BCUT2D eigenvalue weighted by atomic mass is 10.1. The van der Waals surface area contributed by atoms with Gasteiger partial charge in [0.2, 0.25) is 5.75 Å². The van der Waals surface area contributed by atoms with E-state index < -0.39 is 5.91 Å². The zero-order chi connectivity index (χ0) is 22.0. The molecule has 0 saturated carbocycles. The minimum absolute atomic E-state index is 0.186. The van der Waals surface area contributed by atoms with Gasteiger partial charge in [0.1, 0.15) is 5.70 Å². The zero-order valence-electron chi connectivity index (χ0n) is 17.2. The molecule has 0 spiro atoms. The van der Waals surface area contributed by atoms with Crippen molar-refractivity contribution in [2.24, 2.45) is 0 Å². The number of amides is 2. The van der Waals surface area contributed by atoms with Gasteiger partial charge in [0.15, 0.2) is 11.5 Å². The molecule has 7 nitrogen and oxygen atoms in total. The van der Waals surface area contributed by atoms with E-state index in [0.717, 1.165) is 0 Å². The maximum Gasteiger partial charge on any atom is 0.282 e. The van der Waals surface area contributed by atoms with Crippen molar-refractivity contribution in [2.75, 3.05) is 31.5 Å². The van der Waals surface area contributed by atoms with Crippen LogP contribution in [0, 0.1) is 0 Å². The summed E-state index contributed by atoms with van der Waals surface area (Å²) in [6.07, 6.45) is 0. The van der Waals surface area contributed by atoms with E-state index in [4.69, 9.17) is 14.2 Å². The van der Waals surface area contributed by atoms with E-state index in [1.54, 1.807) is 36.4 Å². The van der Waals surface area contributed by atoms with E-state index in [0.29, 0.717) is 39.1 Å². The third-order valence-electron chi connectivity index (χ3n) is 4.80. The summed E-state index contributed by atoms with van der Waals surface area (Å²) >= 11 is 1.39. The van der Waals surface area contributed by atoms with E-state index in [1.165, 1.54) is 37.6 Å². The van der Waals surface area contributed by atoms with Crippen molar-refractivity contribution in [1.82, 2.24) is 0 Å². The van der Waals surface area contributed by atoms with Crippen LogP contribution in [0.25, 0.3) is 5.57 Å². The number of carbonyl (C=O) groups excluding carboxylic acids is 2. The van der Waals surface area contributed by atoms with Gasteiger partial charge in [-0.3, -0.25) is 9.59 Å². The number of methoxy groups -OCH3 is 3. The highest BCUT2D eigenvalue weighted by Gasteiger charge is 2.40. The number of hydrogen-bond donors (Lipinski definition) is 1. The molecule has 31 heavy (non-hydrogen) atoms. The average Bonchev–Trinajstić information content (AvgIpc) is 3.40. The van der Waals surface area contributed by atoms with Crippen molar-refractivity contribution >= 4 is 40.1 Å². The lowest BCUT2D eigenvalue weighted by Gasteiger charge is -2.16. The van der Waals surface area contributed by atoms with Crippen LogP contribution in [-0.2, 0) is 9.59 Å². The second-order valence-corrected chi connectivity index (χ2v) is 7.50. The SMILES string of the molecule is COc1cc(NC2=C(c3cccs3)C(=O)N(c3ccccc3)C2=O)cc(OC)c1OC. The van der Waals surface area contributed by atoms with Gasteiger partial charge in [-0.2, -0.15) is 0 Å². The Morgan fingerprint density at radius 3 is 2.06 bits per heavy atom. The van der Waals surface area contributed by atoms with Crippen molar-refractivity contribution in [3.8, 4) is 17.2 Å². The molecule has 0 fully saturated rings. The molecule has 2 heterocycles. The minimum atomic E-state index is -0.437. The fourth-order valence-electron chi connectivity index (χ4n) is 3.40. The lowest BCUT2D eigenvalue weighted by Crippen LogP contribution is -2.32. The molecule has 0 bridgehead atoms. The summed E-state index contributed by atoms with van der Waals surface area (Å²) in [4.78, 5) is 28.5. The molecule has 0 atom stereocenters. The fourth-order valence-corrected chi connectivity index (χ4v) is 4.17. The second kappa shape index (κ2) is 8.53. The Kier molecular flexibility index (Phi) is 5.64. The van der Waals surface area contributed by atoms with Crippen molar-refractivity contribution in [3.63, 3.8) is 0 Å². The molecule has 1 N–H and O–H groups in total. The first-order chi connectivity index (χ1) is 15.1. The van der Waals surface area contributed by atoms with Gasteiger partial charge < -0.3 is 19.5 Å². The van der Waals surface area contributed by atoms with Crippen LogP contribution < -0.4 is 24.4 Å². The van der Waals surface area contributed by atoms with Gasteiger partial charge >= 0.3 is 0 Å². The van der Waals surface area contributed by atoms with Crippen molar-refractivity contribution in [3.05, 3.63) is 70.6 Å². The molecule has 1 aliphatic rings. The number of benzene rings is 2. The predicted molar refractivity (Wildman–Crippen MR) is 120 cm³/mol. The Morgan fingerprint density at radius 2 is 1.52 bits per heavy atom. The third kappa shape index (κ3) is 3.62. The van der Waals surface area contributed by atoms with Gasteiger partial charge in [-0.1, -0.05) is 24.3 Å². The lowest BCUT2D eigenvalue weighted by molar-refractivity contribution is -0.120. The molecule has 2 aromatic carbocycles. The Hall–Kier alpha value is -3.78. The molecule has 158 valence electrons. The maximum atomic E-state index is 13.4. The van der Waals surface area contributed by atoms with Crippen LogP contribution in [0.5, 0.6) is 17.2 Å². The van der Waals surface area contributed by atoms with Crippen LogP contribution in [-0.4, -0.2) is 33.1 Å². The number of carbonyl (C=O) groups is 2. The minimum Gasteiger partial charge on any atom is -0.493 e. The average molecular weight is 436 g/mol. The molecular weight excluding hydrogens is 416 g/mol. The Morgan fingerprint density at radius 1 is 0.839 bits per heavy atom. The van der Waals surface area contributed by atoms with Crippen molar-refractivity contribution < 1.29 is 23.8 Å². The molecule has 1 aliphatic heterocycles. The van der Waals surface area contributed by atoms with Gasteiger partial charge in [-0.25, -0.2) is 4.90 Å². The van der Waals surface area contributed by atoms with Crippen LogP contribution in [0.4, 0.5) is 11.4 Å². The molecule has 3 aromatic rings. The maximum absolute atomic E-state index is 13.4. The first-order valence-corrected chi connectivity index (χ1v) is 10.3. The monoisotopic (exact) mass is 436 g/mol. The van der Waals surface area contributed by atoms with Crippen LogP contribution >= 0.6 is 11.3 Å². The first-order valence-electron chi connectivity index (χ1n) is 9.38. The van der Waals surface area contributed by atoms with E-state index in [-0.39, 0.29) is 11.6 Å². The van der Waals surface area contributed by atoms with Crippen LogP contribution in [0.2, 0.25) is 0 Å². The highest BCUT2D eigenvalue weighted by atomic mass is 32.1. The summed E-state index contributed by atoms with van der Waals surface area (Å²) in [5.41, 5.74) is 1.53. The molecule has 1 aromatic heterocycles. The van der Waals surface area contributed by atoms with Gasteiger partial charge in [0.05, 0.1) is 32.6 Å². The Bertz CT molecular complexity index is 1130. The zero-order valence-corrected chi connectivity index (χ0v) is 18.0. The number of nitrogens with one attached hydrogen (secondary N) is 1. The first kappa shape index (κ1) is 20.5. The number of thiophene rings is 1. The highest BCUT2D eigenvalue weighted by Crippen LogP contribution is 2.42. The third-order valence-corrected chi connectivity index (χ3v) is 5.69. The molecule has 0 unspecified atom stereocenters. The summed E-state index contributed by atoms with van der Waals surface area (Å²) in [5, 5.41) is 4.98. The summed E-state index contributed by atoms with van der Waals surface area (Å²) in [6, 6.07) is 15.9. The molecule has 8 heteroatoms. The van der Waals surface area contributed by atoms with E-state index in [1.807, 2.05) is 23.6 Å². The number of rotatable bonds is 7. The number of ether oxygens (including phenoxy) is 3. The molecule has 2 amide bonds. The van der Waals surface area contributed by atoms with Gasteiger partial charge in [-0.15, -0.1) is 11.3 Å². The topological polar surface area (TPSA) is 77.1 Å². The summed E-state index contributed by atoms with van der Waals surface area (Å²) < 4.78 is 16.2. The number of hydrogen-bond acceptors (Lipinski definition) is 7. The molecule has 4 rings (SSSR count). The second-order valence-electron chi connectivity index (χ2n) is 6.55. The van der Waals surface area contributed by atoms with Crippen LogP contribution in [0.3, 0.4) is 0 Å². The molecule has 0 aliphatic carbocycles.